The van der Waals surface area contributed by atoms with Gasteiger partial charge in [-0.2, -0.15) is 0 Å². The minimum absolute atomic E-state index is 0.947. The van der Waals surface area contributed by atoms with Crippen molar-refractivity contribution in [1.82, 2.24) is 0 Å². The third-order valence-electron chi connectivity index (χ3n) is 5.70. The van der Waals surface area contributed by atoms with Crippen LogP contribution in [0.5, 0.6) is 0 Å². The largest absolute Gasteiger partial charge is 0.0654 e. The minimum atomic E-state index is 0.947. The highest BCUT2D eigenvalue weighted by Gasteiger charge is 2.24. The highest BCUT2D eigenvalue weighted by atomic mass is 14.3. The maximum absolute atomic E-state index is 2.52. The van der Waals surface area contributed by atoms with Crippen molar-refractivity contribution in [3.63, 3.8) is 0 Å². The van der Waals surface area contributed by atoms with E-state index in [1.165, 1.54) is 89.9 Å². The summed E-state index contributed by atoms with van der Waals surface area (Å²) < 4.78 is 0. The van der Waals surface area contributed by atoms with Crippen molar-refractivity contribution in [2.24, 2.45) is 17.8 Å². The first-order chi connectivity index (χ1) is 9.79. The van der Waals surface area contributed by atoms with Gasteiger partial charge in [0.1, 0.15) is 0 Å². The lowest BCUT2D eigenvalue weighted by Gasteiger charge is -2.32. The van der Waals surface area contributed by atoms with Gasteiger partial charge in [0.05, 0.1) is 0 Å². The molecule has 1 aliphatic rings. The van der Waals surface area contributed by atoms with Gasteiger partial charge in [-0.25, -0.2) is 0 Å². The molecule has 0 bridgehead atoms. The Balaban J connectivity index is 2.50. The Bertz CT molecular complexity index is 196. The maximum Gasteiger partial charge on any atom is -0.0363 e. The van der Waals surface area contributed by atoms with Crippen LogP contribution in [0.4, 0.5) is 0 Å². The monoisotopic (exact) mass is 280 g/mol. The summed E-state index contributed by atoms with van der Waals surface area (Å²) in [7, 11) is 0. The number of hydrogen-bond acceptors (Lipinski definition) is 0. The quantitative estimate of drug-likeness (QED) is 0.493. The molecule has 0 saturated heterocycles. The van der Waals surface area contributed by atoms with Gasteiger partial charge in [0.15, 0.2) is 0 Å². The fourth-order valence-corrected chi connectivity index (χ4v) is 4.49. The van der Waals surface area contributed by atoms with Crippen molar-refractivity contribution >= 4 is 0 Å². The zero-order chi connectivity index (χ0) is 14.6. The average Bonchev–Trinajstić information content (AvgIpc) is 2.42. The molecule has 0 nitrogen and oxygen atoms in total. The van der Waals surface area contributed by atoms with Crippen molar-refractivity contribution in [2.45, 2.75) is 111 Å². The molecule has 0 aliphatic heterocycles. The summed E-state index contributed by atoms with van der Waals surface area (Å²) in [6, 6.07) is 0. The van der Waals surface area contributed by atoms with Crippen LogP contribution in [0.2, 0.25) is 0 Å². The predicted molar refractivity (Wildman–Crippen MR) is 92.1 cm³/mol. The van der Waals surface area contributed by atoms with E-state index in [9.17, 15) is 0 Å². The zero-order valence-corrected chi connectivity index (χ0v) is 14.6. The summed E-state index contributed by atoms with van der Waals surface area (Å²) in [6.45, 7) is 7.31. The molecule has 0 amide bonds. The molecular weight excluding hydrogens is 240 g/mol. The van der Waals surface area contributed by atoms with Crippen LogP contribution in [0.3, 0.4) is 0 Å². The second-order valence-corrected chi connectivity index (χ2v) is 7.36. The van der Waals surface area contributed by atoms with Gasteiger partial charge in [-0.15, -0.1) is 0 Å². The summed E-state index contributed by atoms with van der Waals surface area (Å²) >= 11 is 0. The van der Waals surface area contributed by atoms with E-state index in [2.05, 4.69) is 20.8 Å². The summed E-state index contributed by atoms with van der Waals surface area (Å²) in [5, 5.41) is 0. The van der Waals surface area contributed by atoms with E-state index in [0.29, 0.717) is 0 Å². The summed E-state index contributed by atoms with van der Waals surface area (Å²) in [5.41, 5.74) is 0. The van der Waals surface area contributed by atoms with E-state index in [-0.39, 0.29) is 0 Å². The van der Waals surface area contributed by atoms with Crippen molar-refractivity contribution in [3.8, 4) is 0 Å². The molecule has 0 aromatic rings. The second kappa shape index (κ2) is 11.6. The molecule has 20 heavy (non-hydrogen) atoms. The van der Waals surface area contributed by atoms with Crippen LogP contribution in [0, 0.1) is 17.8 Å². The summed E-state index contributed by atoms with van der Waals surface area (Å²) in [4.78, 5) is 0. The Morgan fingerprint density at radius 1 is 0.750 bits per heavy atom. The van der Waals surface area contributed by atoms with E-state index < -0.39 is 0 Å². The fourth-order valence-electron chi connectivity index (χ4n) is 4.49. The van der Waals surface area contributed by atoms with E-state index in [1.807, 2.05) is 0 Å². The van der Waals surface area contributed by atoms with E-state index in [4.69, 9.17) is 0 Å². The molecule has 2 atom stereocenters. The Morgan fingerprint density at radius 3 is 1.60 bits per heavy atom. The van der Waals surface area contributed by atoms with Crippen LogP contribution in [0.15, 0.2) is 0 Å². The number of hydrogen-bond donors (Lipinski definition) is 0. The average molecular weight is 281 g/mol. The SMILES string of the molecule is CCCC(C)C(CC)C1CCCCCCCCCCC1. The van der Waals surface area contributed by atoms with Crippen LogP contribution < -0.4 is 0 Å². The molecule has 0 aromatic heterocycles. The Kier molecular flexibility index (Phi) is 10.5. The third-order valence-corrected chi connectivity index (χ3v) is 5.70. The van der Waals surface area contributed by atoms with Gasteiger partial charge in [0.25, 0.3) is 0 Å². The van der Waals surface area contributed by atoms with Crippen molar-refractivity contribution in [2.75, 3.05) is 0 Å². The molecule has 0 aromatic carbocycles. The van der Waals surface area contributed by atoms with Gasteiger partial charge < -0.3 is 0 Å². The van der Waals surface area contributed by atoms with Gasteiger partial charge in [-0.3, -0.25) is 0 Å². The van der Waals surface area contributed by atoms with Crippen LogP contribution in [-0.2, 0) is 0 Å². The Morgan fingerprint density at radius 2 is 1.20 bits per heavy atom. The molecule has 1 saturated carbocycles. The van der Waals surface area contributed by atoms with Gasteiger partial charge in [0, 0.05) is 0 Å². The standard InChI is InChI=1S/C20H40/c1-4-15-18(3)20(5-2)19-16-13-11-9-7-6-8-10-12-14-17-19/h18-20H,4-17H2,1-3H3. The first kappa shape index (κ1) is 18.1. The smallest absolute Gasteiger partial charge is 0.0363 e. The van der Waals surface area contributed by atoms with Gasteiger partial charge in [-0.1, -0.05) is 111 Å². The maximum atomic E-state index is 2.52. The first-order valence-corrected chi connectivity index (χ1v) is 9.79. The second-order valence-electron chi connectivity index (χ2n) is 7.36. The van der Waals surface area contributed by atoms with Crippen LogP contribution in [-0.4, -0.2) is 0 Å². The van der Waals surface area contributed by atoms with Crippen LogP contribution >= 0.6 is 0 Å². The highest BCUT2D eigenvalue weighted by Crippen LogP contribution is 2.35. The predicted octanol–water partition coefficient (Wildman–Crippen LogP) is 7.37. The Hall–Kier alpha value is 0. The molecule has 1 fully saturated rings. The van der Waals surface area contributed by atoms with Crippen molar-refractivity contribution in [1.29, 1.82) is 0 Å². The zero-order valence-electron chi connectivity index (χ0n) is 14.6. The molecule has 1 aliphatic carbocycles. The molecule has 2 unspecified atom stereocenters. The van der Waals surface area contributed by atoms with Gasteiger partial charge >= 0.3 is 0 Å². The molecule has 120 valence electrons. The van der Waals surface area contributed by atoms with Gasteiger partial charge in [0.2, 0.25) is 0 Å². The van der Waals surface area contributed by atoms with E-state index >= 15 is 0 Å². The summed E-state index contributed by atoms with van der Waals surface area (Å²) in [6.07, 6.45) is 20.7. The van der Waals surface area contributed by atoms with Crippen LogP contribution in [0.1, 0.15) is 111 Å². The Labute approximate surface area is 129 Å². The first-order valence-electron chi connectivity index (χ1n) is 9.79. The molecule has 0 N–H and O–H groups in total. The van der Waals surface area contributed by atoms with Crippen molar-refractivity contribution in [3.05, 3.63) is 0 Å². The lowest BCUT2D eigenvalue weighted by atomic mass is 9.74. The normalized spacial score (nSPS) is 23.6. The minimum Gasteiger partial charge on any atom is -0.0654 e. The molecule has 0 radical (unpaired) electrons. The van der Waals surface area contributed by atoms with Crippen molar-refractivity contribution < 1.29 is 0 Å². The van der Waals surface area contributed by atoms with Crippen LogP contribution in [0.25, 0.3) is 0 Å². The molecular formula is C20H40. The third kappa shape index (κ3) is 7.14. The summed E-state index contributed by atoms with van der Waals surface area (Å²) in [5.74, 6) is 2.97. The lowest BCUT2D eigenvalue weighted by molar-refractivity contribution is 0.189. The highest BCUT2D eigenvalue weighted by molar-refractivity contribution is 4.75. The fraction of sp³-hybridized carbons (Fsp3) is 1.00. The van der Waals surface area contributed by atoms with E-state index in [1.54, 1.807) is 0 Å². The molecule has 0 heterocycles. The van der Waals surface area contributed by atoms with Gasteiger partial charge in [-0.05, 0) is 17.8 Å². The number of rotatable bonds is 5. The molecule has 0 spiro atoms. The molecule has 0 heteroatoms. The van der Waals surface area contributed by atoms with E-state index in [0.717, 1.165) is 17.8 Å². The topological polar surface area (TPSA) is 0 Å². The lowest BCUT2D eigenvalue weighted by Crippen LogP contribution is -2.22. The molecule has 1 rings (SSSR count).